The molecule has 2 heterocycles. The van der Waals surface area contributed by atoms with Gasteiger partial charge in [0.15, 0.2) is 5.13 Å². The van der Waals surface area contributed by atoms with Gasteiger partial charge < -0.3 is 4.74 Å². The van der Waals surface area contributed by atoms with Gasteiger partial charge in [-0.25, -0.2) is 4.98 Å². The SMILES string of the molecule is COc1ccccc1C(=O)Nc1nc(CN2CCC[C@H](C)C2)cs1. The highest BCUT2D eigenvalue weighted by Crippen LogP contribution is 2.23. The van der Waals surface area contributed by atoms with Crippen LogP contribution >= 0.6 is 11.3 Å². The molecule has 2 aromatic rings. The van der Waals surface area contributed by atoms with Crippen molar-refractivity contribution in [3.63, 3.8) is 0 Å². The minimum absolute atomic E-state index is 0.194. The first-order chi connectivity index (χ1) is 11.7. The van der Waals surface area contributed by atoms with E-state index in [-0.39, 0.29) is 5.91 Å². The summed E-state index contributed by atoms with van der Waals surface area (Å²) >= 11 is 1.46. The largest absolute Gasteiger partial charge is 0.496 e. The van der Waals surface area contributed by atoms with E-state index in [2.05, 4.69) is 22.1 Å². The van der Waals surface area contributed by atoms with E-state index < -0.39 is 0 Å². The zero-order chi connectivity index (χ0) is 16.9. The molecule has 0 aliphatic carbocycles. The number of nitrogens with zero attached hydrogens (tertiary/aromatic N) is 2. The van der Waals surface area contributed by atoms with Gasteiger partial charge in [0.25, 0.3) is 5.91 Å². The molecule has 1 fully saturated rings. The van der Waals surface area contributed by atoms with Gasteiger partial charge in [-0.15, -0.1) is 11.3 Å². The predicted octanol–water partition coefficient (Wildman–Crippen LogP) is 3.64. The van der Waals surface area contributed by atoms with Crippen molar-refractivity contribution in [2.45, 2.75) is 26.3 Å². The molecule has 0 saturated carbocycles. The Morgan fingerprint density at radius 3 is 3.08 bits per heavy atom. The molecule has 1 aromatic carbocycles. The van der Waals surface area contributed by atoms with Crippen LogP contribution in [0.3, 0.4) is 0 Å². The molecule has 1 atom stereocenters. The lowest BCUT2D eigenvalue weighted by atomic mass is 10.0. The molecule has 1 aliphatic heterocycles. The molecule has 1 aliphatic rings. The van der Waals surface area contributed by atoms with Crippen LogP contribution in [0.4, 0.5) is 5.13 Å². The van der Waals surface area contributed by atoms with Crippen LogP contribution in [-0.2, 0) is 6.54 Å². The van der Waals surface area contributed by atoms with E-state index >= 15 is 0 Å². The summed E-state index contributed by atoms with van der Waals surface area (Å²) in [5.41, 5.74) is 1.53. The summed E-state index contributed by atoms with van der Waals surface area (Å²) in [6.07, 6.45) is 2.57. The Hall–Kier alpha value is -1.92. The summed E-state index contributed by atoms with van der Waals surface area (Å²) in [4.78, 5) is 19.4. The van der Waals surface area contributed by atoms with Crippen molar-refractivity contribution in [2.24, 2.45) is 5.92 Å². The number of amides is 1. The van der Waals surface area contributed by atoms with Crippen LogP contribution in [0, 0.1) is 5.92 Å². The molecular weight excluding hydrogens is 322 g/mol. The Morgan fingerprint density at radius 1 is 1.46 bits per heavy atom. The fourth-order valence-electron chi connectivity index (χ4n) is 3.09. The molecule has 3 rings (SSSR count). The van der Waals surface area contributed by atoms with Gasteiger partial charge in [0.1, 0.15) is 5.75 Å². The average molecular weight is 345 g/mol. The first kappa shape index (κ1) is 16.9. The second-order valence-corrected chi connectivity index (χ2v) is 7.14. The Kier molecular flexibility index (Phi) is 5.48. The third kappa shape index (κ3) is 4.13. The summed E-state index contributed by atoms with van der Waals surface area (Å²) in [6.45, 7) is 5.41. The van der Waals surface area contributed by atoms with E-state index in [0.29, 0.717) is 16.4 Å². The van der Waals surface area contributed by atoms with Crippen LogP contribution in [0.2, 0.25) is 0 Å². The molecule has 5 nitrogen and oxygen atoms in total. The zero-order valence-electron chi connectivity index (χ0n) is 14.1. The van der Waals surface area contributed by atoms with Crippen LogP contribution in [0.1, 0.15) is 35.8 Å². The number of thiazole rings is 1. The summed E-state index contributed by atoms with van der Waals surface area (Å²) < 4.78 is 5.24. The normalized spacial score (nSPS) is 18.3. The van der Waals surface area contributed by atoms with Crippen molar-refractivity contribution in [3.05, 3.63) is 40.9 Å². The monoisotopic (exact) mass is 345 g/mol. The third-order valence-corrected chi connectivity index (χ3v) is 5.06. The highest BCUT2D eigenvalue weighted by Gasteiger charge is 2.18. The number of methoxy groups -OCH3 is 1. The summed E-state index contributed by atoms with van der Waals surface area (Å²) in [5.74, 6) is 1.12. The van der Waals surface area contributed by atoms with Gasteiger partial charge in [0.2, 0.25) is 0 Å². The maximum atomic E-state index is 12.4. The van der Waals surface area contributed by atoms with E-state index in [1.807, 2.05) is 17.5 Å². The molecule has 6 heteroatoms. The molecular formula is C18H23N3O2S. The third-order valence-electron chi connectivity index (χ3n) is 4.25. The molecule has 0 bridgehead atoms. The molecule has 1 saturated heterocycles. The number of carbonyl (C=O) groups excluding carboxylic acids is 1. The fourth-order valence-corrected chi connectivity index (χ4v) is 3.79. The Labute approximate surface area is 146 Å². The fraction of sp³-hybridized carbons (Fsp3) is 0.444. The van der Waals surface area contributed by atoms with Crippen molar-refractivity contribution in [2.75, 3.05) is 25.5 Å². The number of carbonyl (C=O) groups is 1. The number of aromatic nitrogens is 1. The van der Waals surface area contributed by atoms with Gasteiger partial charge in [-0.1, -0.05) is 19.1 Å². The number of hydrogen-bond acceptors (Lipinski definition) is 5. The highest BCUT2D eigenvalue weighted by molar-refractivity contribution is 7.14. The second-order valence-electron chi connectivity index (χ2n) is 6.28. The number of benzene rings is 1. The average Bonchev–Trinajstić information content (AvgIpc) is 3.01. The molecule has 1 aromatic heterocycles. The van der Waals surface area contributed by atoms with E-state index in [0.717, 1.165) is 31.2 Å². The minimum Gasteiger partial charge on any atom is -0.496 e. The minimum atomic E-state index is -0.194. The Bertz CT molecular complexity index is 701. The molecule has 0 unspecified atom stereocenters. The first-order valence-corrected chi connectivity index (χ1v) is 9.15. The molecule has 24 heavy (non-hydrogen) atoms. The Balaban J connectivity index is 1.62. The van der Waals surface area contributed by atoms with Gasteiger partial charge in [0, 0.05) is 18.5 Å². The number of hydrogen-bond donors (Lipinski definition) is 1. The number of para-hydroxylation sites is 1. The number of likely N-dealkylation sites (tertiary alicyclic amines) is 1. The van der Waals surface area contributed by atoms with Crippen molar-refractivity contribution in [1.82, 2.24) is 9.88 Å². The smallest absolute Gasteiger partial charge is 0.261 e. The van der Waals surface area contributed by atoms with Gasteiger partial charge >= 0.3 is 0 Å². The second kappa shape index (κ2) is 7.77. The number of piperidine rings is 1. The van der Waals surface area contributed by atoms with E-state index in [1.165, 1.54) is 24.2 Å². The van der Waals surface area contributed by atoms with Gasteiger partial charge in [-0.3, -0.25) is 15.0 Å². The van der Waals surface area contributed by atoms with Crippen LogP contribution < -0.4 is 10.1 Å². The summed E-state index contributed by atoms with van der Waals surface area (Å²) in [7, 11) is 1.56. The quantitative estimate of drug-likeness (QED) is 0.899. The molecule has 0 radical (unpaired) electrons. The van der Waals surface area contributed by atoms with Crippen LogP contribution in [0.15, 0.2) is 29.6 Å². The first-order valence-electron chi connectivity index (χ1n) is 8.27. The van der Waals surface area contributed by atoms with Gasteiger partial charge in [-0.2, -0.15) is 0 Å². The van der Waals surface area contributed by atoms with Crippen molar-refractivity contribution in [3.8, 4) is 5.75 Å². The van der Waals surface area contributed by atoms with Crippen molar-refractivity contribution < 1.29 is 9.53 Å². The lowest BCUT2D eigenvalue weighted by Crippen LogP contribution is -2.33. The van der Waals surface area contributed by atoms with Gasteiger partial charge in [0.05, 0.1) is 18.4 Å². The number of nitrogens with one attached hydrogen (secondary N) is 1. The van der Waals surface area contributed by atoms with Crippen LogP contribution in [0.5, 0.6) is 5.75 Å². The maximum Gasteiger partial charge on any atom is 0.261 e. The van der Waals surface area contributed by atoms with Gasteiger partial charge in [-0.05, 0) is 37.4 Å². The topological polar surface area (TPSA) is 54.5 Å². The summed E-state index contributed by atoms with van der Waals surface area (Å²) in [6, 6.07) is 7.19. The summed E-state index contributed by atoms with van der Waals surface area (Å²) in [5, 5.41) is 5.52. The molecule has 128 valence electrons. The van der Waals surface area contributed by atoms with E-state index in [4.69, 9.17) is 4.74 Å². The number of ether oxygens (including phenoxy) is 1. The van der Waals surface area contributed by atoms with Crippen molar-refractivity contribution in [1.29, 1.82) is 0 Å². The standard InChI is InChI=1S/C18H23N3O2S/c1-13-6-5-9-21(10-13)11-14-12-24-18(19-14)20-17(22)15-7-3-4-8-16(15)23-2/h3-4,7-8,12-13H,5-6,9-11H2,1-2H3,(H,19,20,22)/t13-/m0/s1. The van der Waals surface area contributed by atoms with Crippen LogP contribution in [-0.4, -0.2) is 36.0 Å². The molecule has 0 spiro atoms. The molecule has 1 amide bonds. The predicted molar refractivity (Wildman–Crippen MR) is 96.7 cm³/mol. The van der Waals surface area contributed by atoms with Crippen molar-refractivity contribution >= 4 is 22.4 Å². The van der Waals surface area contributed by atoms with E-state index in [9.17, 15) is 4.79 Å². The lowest BCUT2D eigenvalue weighted by molar-refractivity contribution is 0.102. The number of rotatable bonds is 5. The molecule has 1 N–H and O–H groups in total. The maximum absolute atomic E-state index is 12.4. The highest BCUT2D eigenvalue weighted by atomic mass is 32.1. The van der Waals surface area contributed by atoms with Crippen LogP contribution in [0.25, 0.3) is 0 Å². The number of anilines is 1. The Morgan fingerprint density at radius 2 is 2.29 bits per heavy atom. The lowest BCUT2D eigenvalue weighted by Gasteiger charge is -2.30. The van der Waals surface area contributed by atoms with E-state index in [1.54, 1.807) is 19.2 Å². The zero-order valence-corrected chi connectivity index (χ0v) is 14.9.